The average Bonchev–Trinajstić information content (AvgIpc) is 3.48. The SMILES string of the molecule is N#C/C(C(=O)NCc1ccco1)=C1/S[C@@H](Cc2cc(C(F)(F)F)ccc2Cl)C(=O)N1c1ccccc1. The molecule has 0 bridgehead atoms. The topological polar surface area (TPSA) is 86.3 Å². The van der Waals surface area contributed by atoms with Gasteiger partial charge in [0, 0.05) is 10.7 Å². The maximum atomic E-state index is 13.5. The number of carbonyl (C=O) groups excluding carboxylic acids is 2. The third kappa shape index (κ3) is 5.42. The molecule has 2 heterocycles. The van der Waals surface area contributed by atoms with Gasteiger partial charge in [-0.05, 0) is 54.4 Å². The van der Waals surface area contributed by atoms with Gasteiger partial charge in [0.25, 0.3) is 5.91 Å². The number of amides is 2. The van der Waals surface area contributed by atoms with Crippen LogP contribution in [0, 0.1) is 11.3 Å². The zero-order chi connectivity index (χ0) is 25.9. The number of nitrogens with one attached hydrogen (secondary N) is 1. The molecule has 2 aromatic carbocycles. The van der Waals surface area contributed by atoms with Gasteiger partial charge in [-0.3, -0.25) is 14.5 Å². The lowest BCUT2D eigenvalue weighted by molar-refractivity contribution is -0.137. The molecule has 0 radical (unpaired) electrons. The highest BCUT2D eigenvalue weighted by Gasteiger charge is 2.41. The minimum Gasteiger partial charge on any atom is -0.467 e. The number of anilines is 1. The highest BCUT2D eigenvalue weighted by molar-refractivity contribution is 8.05. The summed E-state index contributed by atoms with van der Waals surface area (Å²) in [6.45, 7) is 0.0253. The van der Waals surface area contributed by atoms with E-state index < -0.39 is 28.8 Å². The van der Waals surface area contributed by atoms with E-state index in [0.717, 1.165) is 30.0 Å². The van der Waals surface area contributed by atoms with Crippen LogP contribution in [0.3, 0.4) is 0 Å². The zero-order valence-electron chi connectivity index (χ0n) is 18.4. The molecule has 11 heteroatoms. The van der Waals surface area contributed by atoms with E-state index in [9.17, 15) is 28.0 Å². The number of nitriles is 1. The van der Waals surface area contributed by atoms with Crippen molar-refractivity contribution in [1.82, 2.24) is 5.32 Å². The third-order valence-corrected chi connectivity index (χ3v) is 6.93. The summed E-state index contributed by atoms with van der Waals surface area (Å²) in [6.07, 6.45) is -3.27. The van der Waals surface area contributed by atoms with Crippen LogP contribution < -0.4 is 10.2 Å². The number of hydrogen-bond acceptors (Lipinski definition) is 5. The van der Waals surface area contributed by atoms with E-state index in [1.54, 1.807) is 42.5 Å². The summed E-state index contributed by atoms with van der Waals surface area (Å²) in [4.78, 5) is 27.6. The number of alkyl halides is 3. The van der Waals surface area contributed by atoms with Crippen LogP contribution in [0.4, 0.5) is 18.9 Å². The lowest BCUT2D eigenvalue weighted by Crippen LogP contribution is -2.32. The number of hydrogen-bond donors (Lipinski definition) is 1. The molecular weight excluding hydrogens is 515 g/mol. The highest BCUT2D eigenvalue weighted by atomic mass is 35.5. The van der Waals surface area contributed by atoms with E-state index in [1.807, 2.05) is 6.07 Å². The van der Waals surface area contributed by atoms with Gasteiger partial charge in [0.2, 0.25) is 5.91 Å². The van der Waals surface area contributed by atoms with Gasteiger partial charge < -0.3 is 9.73 Å². The molecule has 1 saturated heterocycles. The van der Waals surface area contributed by atoms with E-state index in [-0.39, 0.29) is 34.2 Å². The Labute approximate surface area is 213 Å². The lowest BCUT2D eigenvalue weighted by atomic mass is 10.0. The first-order valence-corrected chi connectivity index (χ1v) is 11.8. The summed E-state index contributed by atoms with van der Waals surface area (Å²) in [7, 11) is 0. The number of furan rings is 1. The Hall–Kier alpha value is -3.68. The number of nitrogens with zero attached hydrogens (tertiary/aromatic N) is 2. The first-order valence-electron chi connectivity index (χ1n) is 10.5. The number of para-hydroxylation sites is 1. The van der Waals surface area contributed by atoms with Crippen molar-refractivity contribution < 1.29 is 27.2 Å². The van der Waals surface area contributed by atoms with Crippen molar-refractivity contribution in [3.63, 3.8) is 0 Å². The Morgan fingerprint density at radius 3 is 2.56 bits per heavy atom. The standard InChI is InChI=1S/C25H17ClF3N3O3S/c26-20-9-8-16(25(27,28)29)11-15(20)12-21-23(34)32(17-5-2-1-3-6-17)24(36-21)19(13-30)22(33)31-14-18-7-4-10-35-18/h1-11,21H,12,14H2,(H,31,33)/b24-19-/t21-/m0/s1. The van der Waals surface area contributed by atoms with Crippen LogP contribution in [-0.4, -0.2) is 17.1 Å². The molecule has 0 unspecified atom stereocenters. The van der Waals surface area contributed by atoms with Crippen LogP contribution in [0.15, 0.2) is 81.9 Å². The summed E-state index contributed by atoms with van der Waals surface area (Å²) >= 11 is 7.09. The molecular formula is C25H17ClF3N3O3S. The van der Waals surface area contributed by atoms with Crippen LogP contribution in [0.1, 0.15) is 16.9 Å². The predicted molar refractivity (Wildman–Crippen MR) is 129 cm³/mol. The Morgan fingerprint density at radius 2 is 1.92 bits per heavy atom. The second kappa shape index (κ2) is 10.5. The van der Waals surface area contributed by atoms with Gasteiger partial charge in [-0.25, -0.2) is 0 Å². The van der Waals surface area contributed by atoms with Crippen LogP contribution in [-0.2, 0) is 28.7 Å². The molecule has 1 aliphatic heterocycles. The molecule has 2 amide bonds. The summed E-state index contributed by atoms with van der Waals surface area (Å²) in [5.74, 6) is -0.734. The monoisotopic (exact) mass is 531 g/mol. The van der Waals surface area contributed by atoms with Crippen molar-refractivity contribution in [1.29, 1.82) is 5.26 Å². The fraction of sp³-hybridized carbons (Fsp3) is 0.160. The van der Waals surface area contributed by atoms with Gasteiger partial charge in [-0.15, -0.1) is 0 Å². The number of carbonyl (C=O) groups is 2. The van der Waals surface area contributed by atoms with E-state index >= 15 is 0 Å². The van der Waals surface area contributed by atoms with Crippen LogP contribution in [0.25, 0.3) is 0 Å². The van der Waals surface area contributed by atoms with Crippen molar-refractivity contribution >= 4 is 40.9 Å². The Kier molecular flexibility index (Phi) is 7.43. The summed E-state index contributed by atoms with van der Waals surface area (Å²) in [5, 5.41) is 11.7. The molecule has 1 aliphatic rings. The van der Waals surface area contributed by atoms with Gasteiger partial charge in [0.1, 0.15) is 22.4 Å². The fourth-order valence-corrected chi connectivity index (χ4v) is 5.07. The van der Waals surface area contributed by atoms with Crippen molar-refractivity contribution in [2.75, 3.05) is 4.90 Å². The van der Waals surface area contributed by atoms with Crippen molar-refractivity contribution in [3.05, 3.63) is 99.4 Å². The van der Waals surface area contributed by atoms with Gasteiger partial charge in [-0.2, -0.15) is 18.4 Å². The summed E-state index contributed by atoms with van der Waals surface area (Å²) < 4.78 is 44.9. The lowest BCUT2D eigenvalue weighted by Gasteiger charge is -2.18. The molecule has 1 fully saturated rings. The fourth-order valence-electron chi connectivity index (χ4n) is 3.58. The van der Waals surface area contributed by atoms with E-state index in [0.29, 0.717) is 11.4 Å². The predicted octanol–water partition coefficient (Wildman–Crippen LogP) is 5.69. The molecule has 1 atom stereocenters. The molecule has 184 valence electrons. The molecule has 0 saturated carbocycles. The maximum absolute atomic E-state index is 13.5. The number of halogens is 4. The maximum Gasteiger partial charge on any atom is 0.416 e. The zero-order valence-corrected chi connectivity index (χ0v) is 20.0. The van der Waals surface area contributed by atoms with Crippen LogP contribution in [0.2, 0.25) is 5.02 Å². The largest absolute Gasteiger partial charge is 0.467 e. The van der Waals surface area contributed by atoms with Gasteiger partial charge in [-0.1, -0.05) is 41.6 Å². The van der Waals surface area contributed by atoms with E-state index in [2.05, 4.69) is 5.32 Å². The van der Waals surface area contributed by atoms with E-state index in [4.69, 9.17) is 16.0 Å². The molecule has 0 aliphatic carbocycles. The quantitative estimate of drug-likeness (QED) is 0.326. The first kappa shape index (κ1) is 25.4. The normalized spacial score (nSPS) is 17.1. The first-order chi connectivity index (χ1) is 17.2. The van der Waals surface area contributed by atoms with Gasteiger partial charge in [0.05, 0.1) is 23.6 Å². The van der Waals surface area contributed by atoms with Crippen molar-refractivity contribution in [3.8, 4) is 6.07 Å². The van der Waals surface area contributed by atoms with Gasteiger partial charge in [0.15, 0.2) is 0 Å². The highest BCUT2D eigenvalue weighted by Crippen LogP contribution is 2.43. The second-order valence-corrected chi connectivity index (χ2v) is 9.28. The smallest absolute Gasteiger partial charge is 0.416 e. The van der Waals surface area contributed by atoms with Crippen LogP contribution in [0.5, 0.6) is 0 Å². The third-order valence-electron chi connectivity index (χ3n) is 5.30. The van der Waals surface area contributed by atoms with Crippen molar-refractivity contribution in [2.24, 2.45) is 0 Å². The molecule has 36 heavy (non-hydrogen) atoms. The van der Waals surface area contributed by atoms with Crippen LogP contribution >= 0.6 is 23.4 Å². The molecule has 6 nitrogen and oxygen atoms in total. The Bertz CT molecular complexity index is 1350. The summed E-state index contributed by atoms with van der Waals surface area (Å²) in [5.41, 5.74) is -0.647. The van der Waals surface area contributed by atoms with Crippen molar-refractivity contribution in [2.45, 2.75) is 24.4 Å². The van der Waals surface area contributed by atoms with Gasteiger partial charge >= 0.3 is 6.18 Å². The summed E-state index contributed by atoms with van der Waals surface area (Å²) in [6, 6.07) is 16.5. The molecule has 4 rings (SSSR count). The molecule has 3 aromatic rings. The Balaban J connectivity index is 1.69. The number of thioether (sulfide) groups is 1. The minimum absolute atomic E-state index is 0.0253. The minimum atomic E-state index is -4.58. The Morgan fingerprint density at radius 1 is 1.17 bits per heavy atom. The molecule has 1 N–H and O–H groups in total. The average molecular weight is 532 g/mol. The molecule has 1 aromatic heterocycles. The second-order valence-electron chi connectivity index (χ2n) is 7.68. The molecule has 0 spiro atoms. The number of benzene rings is 2. The number of rotatable bonds is 6. The van der Waals surface area contributed by atoms with E-state index in [1.165, 1.54) is 11.2 Å².